The van der Waals surface area contributed by atoms with Crippen molar-refractivity contribution in [2.24, 2.45) is 10.8 Å². The third kappa shape index (κ3) is 9.61. The number of ketones is 1. The number of amides is 1. The number of carbonyl (C=O) groups excluding carboxylic acids is 2. The molecular formula is C39H58N2O7. The molecule has 1 fully saturated rings. The van der Waals surface area contributed by atoms with Crippen LogP contribution in [0.5, 0.6) is 0 Å². The Morgan fingerprint density at radius 3 is 2.21 bits per heavy atom. The highest BCUT2D eigenvalue weighted by atomic mass is 16.5. The molecule has 0 aromatic heterocycles. The molecule has 5 atom stereocenters. The number of allylic oxidation sites excluding steroid dienone is 1. The number of ether oxygens (including phenoxy) is 1. The van der Waals surface area contributed by atoms with Crippen LogP contribution in [0, 0.1) is 24.7 Å². The van der Waals surface area contributed by atoms with Crippen LogP contribution in [0.2, 0.25) is 0 Å². The smallest absolute Gasteiger partial charge is 0.226 e. The lowest BCUT2D eigenvalue weighted by Gasteiger charge is -2.41. The third-order valence-corrected chi connectivity index (χ3v) is 9.57. The van der Waals surface area contributed by atoms with E-state index in [9.17, 15) is 30.0 Å². The zero-order valence-electron chi connectivity index (χ0n) is 30.5. The van der Waals surface area contributed by atoms with Gasteiger partial charge in [0, 0.05) is 24.9 Å². The number of aryl methyl sites for hydroxylation is 2. The number of nitrogens with one attached hydrogen (secondary N) is 1. The van der Waals surface area contributed by atoms with Crippen LogP contribution in [0.25, 0.3) is 6.08 Å². The molecule has 1 amide bonds. The van der Waals surface area contributed by atoms with Crippen LogP contribution in [0.4, 0.5) is 0 Å². The molecule has 1 aliphatic heterocycles. The molecule has 5 N–H and O–H groups in total. The number of benzene rings is 2. The van der Waals surface area contributed by atoms with Crippen LogP contribution >= 0.6 is 0 Å². The average Bonchev–Trinajstić information content (AvgIpc) is 3.00. The maximum absolute atomic E-state index is 13.4. The van der Waals surface area contributed by atoms with Crippen LogP contribution < -0.4 is 5.32 Å². The molecule has 0 aliphatic carbocycles. The lowest BCUT2D eigenvalue weighted by atomic mass is 9.77. The molecule has 0 radical (unpaired) electrons. The number of hydrogen-bond donors (Lipinski definition) is 5. The summed E-state index contributed by atoms with van der Waals surface area (Å²) in [6.45, 7) is 16.4. The van der Waals surface area contributed by atoms with Crippen molar-refractivity contribution in [1.29, 1.82) is 0 Å². The van der Waals surface area contributed by atoms with Gasteiger partial charge in [-0.2, -0.15) is 0 Å². The molecule has 266 valence electrons. The first kappa shape index (κ1) is 39.5. The van der Waals surface area contributed by atoms with E-state index in [1.165, 1.54) is 5.56 Å². The molecule has 2 aromatic rings. The Kier molecular flexibility index (Phi) is 13.3. The van der Waals surface area contributed by atoms with Gasteiger partial charge in [0.1, 0.15) is 36.3 Å². The Hall–Kier alpha value is -2.92. The quantitative estimate of drug-likeness (QED) is 0.202. The van der Waals surface area contributed by atoms with Gasteiger partial charge in [0.05, 0.1) is 12.0 Å². The number of rotatable bonds is 14. The molecule has 3 rings (SSSR count). The maximum Gasteiger partial charge on any atom is 0.226 e. The van der Waals surface area contributed by atoms with E-state index in [1.807, 2.05) is 77.9 Å². The highest BCUT2D eigenvalue weighted by molar-refractivity contribution is 5.93. The summed E-state index contributed by atoms with van der Waals surface area (Å²) in [6.07, 6.45) is -1.45. The van der Waals surface area contributed by atoms with Crippen LogP contribution in [-0.4, -0.2) is 95.2 Å². The van der Waals surface area contributed by atoms with Crippen molar-refractivity contribution in [3.63, 3.8) is 0 Å². The molecule has 0 unspecified atom stereocenters. The second kappa shape index (κ2) is 16.2. The van der Waals surface area contributed by atoms with E-state index >= 15 is 0 Å². The van der Waals surface area contributed by atoms with Crippen LogP contribution in [0.15, 0.2) is 36.4 Å². The van der Waals surface area contributed by atoms with Gasteiger partial charge in [0.15, 0.2) is 0 Å². The monoisotopic (exact) mass is 666 g/mol. The fourth-order valence-electron chi connectivity index (χ4n) is 6.12. The first-order chi connectivity index (χ1) is 22.3. The summed E-state index contributed by atoms with van der Waals surface area (Å²) < 4.78 is 5.91. The van der Waals surface area contributed by atoms with Crippen molar-refractivity contribution in [1.82, 2.24) is 10.2 Å². The van der Waals surface area contributed by atoms with Gasteiger partial charge >= 0.3 is 0 Å². The number of aliphatic hydroxyl groups excluding tert-OH is 4. The summed E-state index contributed by atoms with van der Waals surface area (Å²) in [6, 6.07) is 10.3. The molecule has 48 heavy (non-hydrogen) atoms. The fourth-order valence-corrected chi connectivity index (χ4v) is 6.12. The number of carbonyl (C=O) groups is 2. The topological polar surface area (TPSA) is 140 Å². The second-order valence-corrected chi connectivity index (χ2v) is 15.3. The molecule has 1 heterocycles. The Morgan fingerprint density at radius 2 is 1.62 bits per heavy atom. The van der Waals surface area contributed by atoms with Gasteiger partial charge in [-0.15, -0.1) is 0 Å². The Bertz CT molecular complexity index is 1460. The fraction of sp³-hybridized carbons (Fsp3) is 0.590. The summed E-state index contributed by atoms with van der Waals surface area (Å²) in [5.74, 6) is 0.104. The predicted octanol–water partition coefficient (Wildman–Crippen LogP) is 4.24. The van der Waals surface area contributed by atoms with Crippen molar-refractivity contribution in [2.75, 3.05) is 33.8 Å². The highest BCUT2D eigenvalue weighted by Crippen LogP contribution is 2.37. The van der Waals surface area contributed by atoms with Gasteiger partial charge in [-0.25, -0.2) is 0 Å². The van der Waals surface area contributed by atoms with E-state index < -0.39 is 48.0 Å². The summed E-state index contributed by atoms with van der Waals surface area (Å²) in [5, 5.41) is 44.2. The van der Waals surface area contributed by atoms with Crippen LogP contribution in [-0.2, 0) is 20.7 Å². The van der Waals surface area contributed by atoms with Crippen molar-refractivity contribution in [3.8, 4) is 0 Å². The zero-order chi connectivity index (χ0) is 36.1. The molecule has 0 saturated carbocycles. The summed E-state index contributed by atoms with van der Waals surface area (Å²) in [5.41, 5.74) is 5.43. The van der Waals surface area contributed by atoms with E-state index in [0.717, 1.165) is 34.4 Å². The Labute approximate surface area is 287 Å². The minimum atomic E-state index is -1.44. The molecule has 0 spiro atoms. The van der Waals surface area contributed by atoms with Crippen molar-refractivity contribution >= 4 is 17.8 Å². The second-order valence-electron chi connectivity index (χ2n) is 15.3. The number of hydrogen-bond acceptors (Lipinski definition) is 8. The third-order valence-electron chi connectivity index (χ3n) is 9.57. The number of aliphatic hydroxyl groups is 4. The predicted molar refractivity (Wildman–Crippen MR) is 190 cm³/mol. The summed E-state index contributed by atoms with van der Waals surface area (Å²) in [4.78, 5) is 28.1. The van der Waals surface area contributed by atoms with E-state index in [2.05, 4.69) is 44.3 Å². The average molecular weight is 667 g/mol. The SMILES string of the molecule is Cc1cc(/C=C/C(C)(C)C(=O)CC(C)(C)C(=O)NCCN(C)C)ccc1Cc1cc([C@@H]2O[C@H](CO)[C@H](O)[C@H](O)[C@@H]2O)c(C)cc1C(C)C. The summed E-state index contributed by atoms with van der Waals surface area (Å²) in [7, 11) is 3.89. The lowest BCUT2D eigenvalue weighted by Crippen LogP contribution is -2.55. The van der Waals surface area contributed by atoms with Gasteiger partial charge in [-0.1, -0.05) is 70.2 Å². The minimum Gasteiger partial charge on any atom is -0.394 e. The molecule has 0 bridgehead atoms. The number of nitrogens with zero attached hydrogens (tertiary/aromatic N) is 1. The minimum absolute atomic E-state index is 0.00403. The van der Waals surface area contributed by atoms with Gasteiger partial charge in [0.2, 0.25) is 5.91 Å². The number of Topliss-reactive ketones (excluding diaryl/α,β-unsaturated/α-hetero) is 1. The van der Waals surface area contributed by atoms with Crippen molar-refractivity contribution in [3.05, 3.63) is 75.4 Å². The normalized spacial score (nSPS) is 22.1. The lowest BCUT2D eigenvalue weighted by molar-refractivity contribution is -0.231. The number of likely N-dealkylation sites (N-methyl/N-ethyl adjacent to an activating group) is 1. The largest absolute Gasteiger partial charge is 0.394 e. The van der Waals surface area contributed by atoms with Gasteiger partial charge in [-0.3, -0.25) is 9.59 Å². The standard InChI is InChI=1S/C39H58N2O7/c1-23(2)29-18-25(4)30(36-35(46)34(45)33(44)31(22-42)48-36)20-28(29)19-27-12-11-26(17-24(27)3)13-14-38(5,6)32(43)21-39(7,8)37(47)40-15-16-41(9)10/h11-14,17-18,20,23,31,33-36,42,44-46H,15-16,19,21-22H2,1-10H3,(H,40,47)/b14-13+/t31-,33+,34+,35+,36+/m1/s1. The molecule has 9 nitrogen and oxygen atoms in total. The van der Waals surface area contributed by atoms with Gasteiger partial charge in [0.25, 0.3) is 0 Å². The highest BCUT2D eigenvalue weighted by Gasteiger charge is 2.44. The summed E-state index contributed by atoms with van der Waals surface area (Å²) >= 11 is 0. The van der Waals surface area contributed by atoms with Crippen molar-refractivity contribution < 1.29 is 34.8 Å². The van der Waals surface area contributed by atoms with Crippen LogP contribution in [0.3, 0.4) is 0 Å². The molecular weight excluding hydrogens is 608 g/mol. The molecule has 1 saturated heterocycles. The van der Waals surface area contributed by atoms with E-state index in [-0.39, 0.29) is 24.0 Å². The maximum atomic E-state index is 13.4. The zero-order valence-corrected chi connectivity index (χ0v) is 30.5. The Balaban J connectivity index is 1.80. The van der Waals surface area contributed by atoms with E-state index in [0.29, 0.717) is 18.5 Å². The molecule has 9 heteroatoms. The van der Waals surface area contributed by atoms with Crippen LogP contribution in [0.1, 0.15) is 98.9 Å². The van der Waals surface area contributed by atoms with E-state index in [1.54, 1.807) is 0 Å². The van der Waals surface area contributed by atoms with E-state index in [4.69, 9.17) is 4.74 Å². The van der Waals surface area contributed by atoms with Gasteiger partial charge in [-0.05, 0) is 93.1 Å². The van der Waals surface area contributed by atoms with Crippen molar-refractivity contribution in [2.45, 2.75) is 105 Å². The first-order valence-corrected chi connectivity index (χ1v) is 17.0. The molecule has 2 aromatic carbocycles. The first-order valence-electron chi connectivity index (χ1n) is 17.0. The Morgan fingerprint density at radius 1 is 0.958 bits per heavy atom. The van der Waals surface area contributed by atoms with Gasteiger partial charge < -0.3 is 35.4 Å². The molecule has 1 aliphatic rings.